The Kier molecular flexibility index (Phi) is 8.32. The van der Waals surface area contributed by atoms with Crippen molar-refractivity contribution in [2.24, 2.45) is 0 Å². The van der Waals surface area contributed by atoms with E-state index in [0.717, 1.165) is 0 Å². The number of nitriles is 1. The Morgan fingerprint density at radius 1 is 1.50 bits per heavy atom. The Morgan fingerprint density at radius 2 is 2.19 bits per heavy atom. The van der Waals surface area contributed by atoms with Gasteiger partial charge in [-0.3, -0.25) is 4.79 Å². The highest BCUT2D eigenvalue weighted by molar-refractivity contribution is 6.32. The Balaban J connectivity index is 3.15. The highest BCUT2D eigenvalue weighted by Gasteiger charge is 2.16. The predicted molar refractivity (Wildman–Crippen MR) is 97.2 cm³/mol. The zero-order chi connectivity index (χ0) is 19.7. The maximum Gasteiger partial charge on any atom is 0.387 e. The number of alkyl halides is 2. The van der Waals surface area contributed by atoms with Gasteiger partial charge in [-0.25, -0.2) is 0 Å². The van der Waals surface area contributed by atoms with Gasteiger partial charge in [-0.2, -0.15) is 14.0 Å². The Bertz CT molecular complexity index is 783. The van der Waals surface area contributed by atoms with Gasteiger partial charge in [-0.05, 0) is 19.1 Å². The molecule has 0 aliphatic heterocycles. The summed E-state index contributed by atoms with van der Waals surface area (Å²) in [6.45, 7) is 2.30. The number of carbonyl (C=O) groups is 1. The summed E-state index contributed by atoms with van der Waals surface area (Å²) in [6.07, 6.45) is 4.91. The molecule has 1 aromatic carbocycles. The van der Waals surface area contributed by atoms with Gasteiger partial charge in [0.05, 0.1) is 16.1 Å². The molecule has 1 amide bonds. The first-order valence-electron chi connectivity index (χ1n) is 7.49. The minimum absolute atomic E-state index is 0.0438. The fraction of sp³-hybridized carbons (Fsp3) is 0.222. The lowest BCUT2D eigenvalue weighted by Gasteiger charge is -2.16. The van der Waals surface area contributed by atoms with Gasteiger partial charge in [-0.1, -0.05) is 36.4 Å². The molecule has 0 unspecified atom stereocenters. The van der Waals surface area contributed by atoms with E-state index in [2.05, 4.69) is 21.9 Å². The summed E-state index contributed by atoms with van der Waals surface area (Å²) in [5, 5.41) is 14.6. The van der Waals surface area contributed by atoms with E-state index in [-0.39, 0.29) is 28.5 Å². The summed E-state index contributed by atoms with van der Waals surface area (Å²) in [5.74, 6) is -0.630. The van der Waals surface area contributed by atoms with E-state index in [9.17, 15) is 13.6 Å². The second-order valence-corrected chi connectivity index (χ2v) is 5.35. The average molecular weight is 382 g/mol. The number of nitrogens with zero attached hydrogens (tertiary/aromatic N) is 1. The average Bonchev–Trinajstić information content (AvgIpc) is 2.60. The van der Waals surface area contributed by atoms with Crippen molar-refractivity contribution in [3.8, 4) is 6.07 Å². The van der Waals surface area contributed by atoms with Crippen molar-refractivity contribution in [3.05, 3.63) is 64.4 Å². The molecule has 0 radical (unpaired) electrons. The first-order valence-corrected chi connectivity index (χ1v) is 7.87. The van der Waals surface area contributed by atoms with Crippen molar-refractivity contribution in [3.63, 3.8) is 0 Å². The number of carbonyl (C=O) groups excluding carboxylic acids is 1. The number of ether oxygens (including phenoxy) is 1. The molecule has 0 aliphatic rings. The normalized spacial score (nSPS) is 11.3. The summed E-state index contributed by atoms with van der Waals surface area (Å²) in [7, 11) is 1.45. The molecule has 0 saturated carbocycles. The van der Waals surface area contributed by atoms with Crippen LogP contribution in [0.15, 0.2) is 48.3 Å². The Morgan fingerprint density at radius 3 is 2.73 bits per heavy atom. The molecule has 1 rings (SSSR count). The van der Waals surface area contributed by atoms with Crippen molar-refractivity contribution >= 4 is 23.2 Å². The second-order valence-electron chi connectivity index (χ2n) is 4.94. The molecule has 0 atom stereocenters. The lowest BCUT2D eigenvalue weighted by molar-refractivity contribution is -0.0928. The minimum Gasteiger partial charge on any atom is -0.435 e. The van der Waals surface area contributed by atoms with E-state index in [1.807, 2.05) is 6.07 Å². The van der Waals surface area contributed by atoms with Crippen LogP contribution in [0, 0.1) is 11.3 Å². The van der Waals surface area contributed by atoms with Gasteiger partial charge >= 0.3 is 6.61 Å². The largest absolute Gasteiger partial charge is 0.435 e. The molecule has 5 nitrogen and oxygen atoms in total. The van der Waals surface area contributed by atoms with Crippen LogP contribution in [0.25, 0.3) is 0 Å². The summed E-state index contributed by atoms with van der Waals surface area (Å²) < 4.78 is 29.2. The monoisotopic (exact) mass is 381 g/mol. The third-order valence-corrected chi connectivity index (χ3v) is 3.56. The number of benzene rings is 1. The highest BCUT2D eigenvalue weighted by atomic mass is 35.5. The zero-order valence-electron chi connectivity index (χ0n) is 14.3. The van der Waals surface area contributed by atoms with Crippen molar-refractivity contribution in [2.45, 2.75) is 13.5 Å². The van der Waals surface area contributed by atoms with Crippen molar-refractivity contribution in [1.82, 2.24) is 5.32 Å². The summed E-state index contributed by atoms with van der Waals surface area (Å²) in [4.78, 5) is 12.0. The fourth-order valence-electron chi connectivity index (χ4n) is 1.96. The number of hydrogen-bond acceptors (Lipinski definition) is 4. The quantitative estimate of drug-likeness (QED) is 0.521. The molecule has 138 valence electrons. The van der Waals surface area contributed by atoms with Crippen LogP contribution in [0.4, 0.5) is 14.5 Å². The number of amides is 1. The van der Waals surface area contributed by atoms with Crippen LogP contribution in [0.3, 0.4) is 0 Å². The van der Waals surface area contributed by atoms with Gasteiger partial charge in [-0.15, -0.1) is 0 Å². The van der Waals surface area contributed by atoms with Gasteiger partial charge < -0.3 is 15.4 Å². The van der Waals surface area contributed by atoms with Gasteiger partial charge in [0.15, 0.2) is 0 Å². The van der Waals surface area contributed by atoms with Gasteiger partial charge in [0.1, 0.15) is 11.8 Å². The van der Waals surface area contributed by atoms with Crippen LogP contribution >= 0.6 is 11.6 Å². The molecule has 1 aromatic rings. The van der Waals surface area contributed by atoms with E-state index in [1.165, 1.54) is 19.2 Å². The van der Waals surface area contributed by atoms with Crippen LogP contribution in [-0.4, -0.2) is 26.1 Å². The number of allylic oxidation sites excluding steroid dienone is 3. The molecule has 0 fully saturated rings. The molecule has 2 N–H and O–H groups in total. The maximum atomic E-state index is 12.4. The third kappa shape index (κ3) is 5.90. The van der Waals surface area contributed by atoms with E-state index in [0.29, 0.717) is 11.3 Å². The number of halogens is 3. The van der Waals surface area contributed by atoms with E-state index in [4.69, 9.17) is 16.9 Å². The van der Waals surface area contributed by atoms with Crippen LogP contribution in [-0.2, 0) is 4.74 Å². The molecule has 26 heavy (non-hydrogen) atoms. The van der Waals surface area contributed by atoms with Crippen molar-refractivity contribution in [2.75, 3.05) is 18.9 Å². The molecule has 0 heterocycles. The predicted octanol–water partition coefficient (Wildman–Crippen LogP) is 4.24. The van der Waals surface area contributed by atoms with Crippen LogP contribution in [0.1, 0.15) is 22.8 Å². The van der Waals surface area contributed by atoms with Crippen molar-refractivity contribution < 1.29 is 18.3 Å². The molecule has 0 bridgehead atoms. The standard InChI is InChI=1S/C18H18ClF2N3O2/c1-4-5-6-12(11(2)26-18(20)21)10-24-16-8-15(19)13(9-22)7-14(16)17(25)23-3/h4-8,18,24H,2,10H2,1,3H3,(H,23,25)/b5-4-,12-6-. The van der Waals surface area contributed by atoms with E-state index >= 15 is 0 Å². The molecular formula is C18H18ClF2N3O2. The first-order chi connectivity index (χ1) is 12.3. The Hall–Kier alpha value is -2.85. The number of nitrogens with one attached hydrogen (secondary N) is 2. The van der Waals surface area contributed by atoms with Crippen LogP contribution in [0.5, 0.6) is 0 Å². The summed E-state index contributed by atoms with van der Waals surface area (Å²) in [6, 6.07) is 4.67. The van der Waals surface area contributed by atoms with Crippen LogP contribution in [0.2, 0.25) is 5.02 Å². The van der Waals surface area contributed by atoms with Gasteiger partial charge in [0.25, 0.3) is 5.91 Å². The Labute approximate surface area is 155 Å². The molecule has 0 aliphatic carbocycles. The second kappa shape index (κ2) is 10.2. The number of hydrogen-bond donors (Lipinski definition) is 2. The maximum absolute atomic E-state index is 12.4. The van der Waals surface area contributed by atoms with Crippen molar-refractivity contribution in [1.29, 1.82) is 5.26 Å². The third-order valence-electron chi connectivity index (χ3n) is 3.25. The van der Waals surface area contributed by atoms with Gasteiger partial charge in [0, 0.05) is 24.9 Å². The van der Waals surface area contributed by atoms with E-state index < -0.39 is 12.5 Å². The lowest BCUT2D eigenvalue weighted by atomic mass is 10.1. The number of anilines is 1. The molecular weight excluding hydrogens is 364 g/mol. The SMILES string of the molecule is C=C(OC(F)F)/C(=C\C=C/C)CNc1cc(Cl)c(C#N)cc1C(=O)NC. The molecule has 8 heteroatoms. The summed E-state index contributed by atoms with van der Waals surface area (Å²) in [5.41, 5.74) is 1.03. The number of rotatable bonds is 8. The highest BCUT2D eigenvalue weighted by Crippen LogP contribution is 2.26. The summed E-state index contributed by atoms with van der Waals surface area (Å²) >= 11 is 6.02. The lowest BCUT2D eigenvalue weighted by Crippen LogP contribution is -2.20. The molecule has 0 saturated heterocycles. The van der Waals surface area contributed by atoms with Crippen LogP contribution < -0.4 is 10.6 Å². The molecule has 0 aromatic heterocycles. The smallest absolute Gasteiger partial charge is 0.387 e. The fourth-order valence-corrected chi connectivity index (χ4v) is 2.17. The topological polar surface area (TPSA) is 74.1 Å². The van der Waals surface area contributed by atoms with E-state index in [1.54, 1.807) is 25.2 Å². The zero-order valence-corrected chi connectivity index (χ0v) is 15.0. The van der Waals surface area contributed by atoms with Gasteiger partial charge in [0.2, 0.25) is 0 Å². The first kappa shape index (κ1) is 21.2. The minimum atomic E-state index is -3.00. The molecule has 0 spiro atoms.